The van der Waals surface area contributed by atoms with E-state index < -0.39 is 34.6 Å². The van der Waals surface area contributed by atoms with Gasteiger partial charge in [-0.2, -0.15) is 25.9 Å². The summed E-state index contributed by atoms with van der Waals surface area (Å²) in [6, 6.07) is 5.68. The van der Waals surface area contributed by atoms with Gasteiger partial charge in [-0.25, -0.2) is 4.72 Å². The molecule has 2 heterocycles. The van der Waals surface area contributed by atoms with Crippen LogP contribution in [-0.2, 0) is 26.2 Å². The van der Waals surface area contributed by atoms with E-state index in [1.807, 2.05) is 25.1 Å². The van der Waals surface area contributed by atoms with Crippen LogP contribution >= 0.6 is 0 Å². The standard InChI is InChI=1S/C20H26F3N3O5S/c1-2-13-3-4-17-15(11-13)16(7-10-31-17)24-19(28)14-5-8-26(9-6-14)32(29,30)25-18(27)12-20(21,22)23/h3-4,11,14,16H,2,5-10,12H2,1H3,(H,24,28)(H,25,27)/t16-/m0/s1. The molecule has 8 nitrogen and oxygen atoms in total. The van der Waals surface area contributed by atoms with Gasteiger partial charge in [-0.1, -0.05) is 19.1 Å². The van der Waals surface area contributed by atoms with Gasteiger partial charge in [0.15, 0.2) is 0 Å². The predicted octanol–water partition coefficient (Wildman–Crippen LogP) is 2.21. The summed E-state index contributed by atoms with van der Waals surface area (Å²) < 4.78 is 69.2. The lowest BCUT2D eigenvalue weighted by Gasteiger charge is -2.32. The zero-order valence-corrected chi connectivity index (χ0v) is 18.4. The lowest BCUT2D eigenvalue weighted by molar-refractivity contribution is -0.152. The normalized spacial score (nSPS) is 20.2. The molecular weight excluding hydrogens is 451 g/mol. The van der Waals surface area contributed by atoms with Crippen LogP contribution in [0.1, 0.15) is 49.8 Å². The number of nitrogens with zero attached hydrogens (tertiary/aromatic N) is 1. The van der Waals surface area contributed by atoms with Crippen LogP contribution in [0.2, 0.25) is 0 Å². The largest absolute Gasteiger partial charge is 0.493 e. The highest BCUT2D eigenvalue weighted by atomic mass is 32.2. The molecule has 3 rings (SSSR count). The summed E-state index contributed by atoms with van der Waals surface area (Å²) in [4.78, 5) is 24.2. The molecule has 0 aromatic heterocycles. The Morgan fingerprint density at radius 3 is 2.50 bits per heavy atom. The van der Waals surface area contributed by atoms with E-state index in [0.29, 0.717) is 13.0 Å². The average Bonchev–Trinajstić information content (AvgIpc) is 2.72. The summed E-state index contributed by atoms with van der Waals surface area (Å²) in [6.07, 6.45) is -4.82. The Bertz CT molecular complexity index is 960. The number of rotatable bonds is 6. The van der Waals surface area contributed by atoms with E-state index in [2.05, 4.69) is 5.32 Å². The van der Waals surface area contributed by atoms with E-state index in [1.54, 1.807) is 0 Å². The second-order valence-corrected chi connectivity index (χ2v) is 9.59. The average molecular weight is 478 g/mol. The molecule has 0 spiro atoms. The molecule has 1 aromatic carbocycles. The topological polar surface area (TPSA) is 105 Å². The van der Waals surface area contributed by atoms with Crippen LogP contribution in [0.25, 0.3) is 0 Å². The molecule has 32 heavy (non-hydrogen) atoms. The SMILES string of the molecule is CCc1ccc2c(c1)[C@@H](NC(=O)C1CCN(S(=O)(=O)NC(=O)CC(F)(F)F)CC1)CCO2. The molecule has 2 aliphatic heterocycles. The van der Waals surface area contributed by atoms with Gasteiger partial charge >= 0.3 is 16.4 Å². The number of nitrogens with one attached hydrogen (secondary N) is 2. The first-order chi connectivity index (χ1) is 15.0. The van der Waals surface area contributed by atoms with Gasteiger partial charge in [0.1, 0.15) is 12.2 Å². The van der Waals surface area contributed by atoms with Crippen molar-refractivity contribution in [3.8, 4) is 5.75 Å². The van der Waals surface area contributed by atoms with Gasteiger partial charge in [0, 0.05) is 31.0 Å². The minimum absolute atomic E-state index is 0.0724. The van der Waals surface area contributed by atoms with E-state index in [4.69, 9.17) is 4.74 Å². The lowest BCUT2D eigenvalue weighted by atomic mass is 9.94. The molecule has 2 aliphatic rings. The van der Waals surface area contributed by atoms with Crippen LogP contribution in [-0.4, -0.2) is 50.4 Å². The molecule has 1 fully saturated rings. The lowest BCUT2D eigenvalue weighted by Crippen LogP contribution is -2.49. The Balaban J connectivity index is 1.56. The number of amides is 2. The first-order valence-electron chi connectivity index (χ1n) is 10.4. The fourth-order valence-corrected chi connectivity index (χ4v) is 5.07. The van der Waals surface area contributed by atoms with Crippen molar-refractivity contribution in [1.82, 2.24) is 14.3 Å². The number of fused-ring (bicyclic) bond motifs is 1. The number of benzene rings is 1. The minimum atomic E-state index is -4.80. The fraction of sp³-hybridized carbons (Fsp3) is 0.600. The maximum absolute atomic E-state index is 12.8. The van der Waals surface area contributed by atoms with E-state index >= 15 is 0 Å². The van der Waals surface area contributed by atoms with Crippen LogP contribution in [0.4, 0.5) is 13.2 Å². The zero-order chi connectivity index (χ0) is 23.5. The van der Waals surface area contributed by atoms with Gasteiger partial charge in [-0.15, -0.1) is 0 Å². The van der Waals surface area contributed by atoms with Gasteiger partial charge in [0.05, 0.1) is 12.6 Å². The van der Waals surface area contributed by atoms with Crippen molar-refractivity contribution in [2.45, 2.75) is 51.2 Å². The third-order valence-electron chi connectivity index (χ3n) is 5.61. The Morgan fingerprint density at radius 1 is 1.19 bits per heavy atom. The summed E-state index contributed by atoms with van der Waals surface area (Å²) in [6.45, 7) is 2.36. The van der Waals surface area contributed by atoms with Gasteiger partial charge < -0.3 is 10.1 Å². The van der Waals surface area contributed by atoms with Gasteiger partial charge in [0.2, 0.25) is 11.8 Å². The Morgan fingerprint density at radius 2 is 1.88 bits per heavy atom. The number of piperidine rings is 1. The number of hydrogen-bond acceptors (Lipinski definition) is 5. The third-order valence-corrected chi connectivity index (χ3v) is 7.14. The maximum Gasteiger partial charge on any atom is 0.397 e. The first-order valence-corrected chi connectivity index (χ1v) is 11.9. The second-order valence-electron chi connectivity index (χ2n) is 7.92. The van der Waals surface area contributed by atoms with Gasteiger partial charge in [-0.05, 0) is 30.9 Å². The van der Waals surface area contributed by atoms with Crippen molar-refractivity contribution in [1.29, 1.82) is 0 Å². The highest BCUT2D eigenvalue weighted by molar-refractivity contribution is 7.87. The fourth-order valence-electron chi connectivity index (χ4n) is 3.89. The smallest absolute Gasteiger partial charge is 0.397 e. The molecular formula is C20H26F3N3O5S. The molecule has 0 unspecified atom stereocenters. The zero-order valence-electron chi connectivity index (χ0n) is 17.6. The van der Waals surface area contributed by atoms with Crippen molar-refractivity contribution in [2.24, 2.45) is 5.92 Å². The Labute approximate surface area is 184 Å². The predicted molar refractivity (Wildman–Crippen MR) is 109 cm³/mol. The van der Waals surface area contributed by atoms with Crippen LogP contribution in [0.5, 0.6) is 5.75 Å². The molecule has 0 aliphatic carbocycles. The quantitative estimate of drug-likeness (QED) is 0.654. The molecule has 0 radical (unpaired) electrons. The molecule has 2 N–H and O–H groups in total. The van der Waals surface area contributed by atoms with Crippen molar-refractivity contribution in [3.63, 3.8) is 0 Å². The van der Waals surface area contributed by atoms with Crippen molar-refractivity contribution in [2.75, 3.05) is 19.7 Å². The van der Waals surface area contributed by atoms with Crippen molar-refractivity contribution in [3.05, 3.63) is 29.3 Å². The monoisotopic (exact) mass is 477 g/mol. The molecule has 1 atom stereocenters. The summed E-state index contributed by atoms with van der Waals surface area (Å²) in [5, 5.41) is 3.03. The van der Waals surface area contributed by atoms with Crippen LogP contribution in [0.15, 0.2) is 18.2 Å². The molecule has 12 heteroatoms. The number of hydrogen-bond donors (Lipinski definition) is 2. The maximum atomic E-state index is 12.8. The number of aryl methyl sites for hydroxylation is 1. The molecule has 0 saturated carbocycles. The number of halogens is 3. The summed E-state index contributed by atoms with van der Waals surface area (Å²) in [5.74, 6) is -1.55. The van der Waals surface area contributed by atoms with Crippen LogP contribution in [0, 0.1) is 5.92 Å². The van der Waals surface area contributed by atoms with Crippen molar-refractivity contribution >= 4 is 22.0 Å². The van der Waals surface area contributed by atoms with E-state index in [1.165, 1.54) is 4.72 Å². The minimum Gasteiger partial charge on any atom is -0.493 e. The van der Waals surface area contributed by atoms with Crippen LogP contribution < -0.4 is 14.8 Å². The number of alkyl halides is 3. The molecule has 178 valence electrons. The Kier molecular flexibility index (Phi) is 7.33. The third kappa shape index (κ3) is 6.12. The summed E-state index contributed by atoms with van der Waals surface area (Å²) >= 11 is 0. The van der Waals surface area contributed by atoms with Crippen LogP contribution in [0.3, 0.4) is 0 Å². The Hall–Kier alpha value is -2.34. The van der Waals surface area contributed by atoms with Gasteiger partial charge in [0.25, 0.3) is 0 Å². The van der Waals surface area contributed by atoms with E-state index in [0.717, 1.165) is 27.6 Å². The van der Waals surface area contributed by atoms with E-state index in [9.17, 15) is 31.2 Å². The highest BCUT2D eigenvalue weighted by Crippen LogP contribution is 2.33. The molecule has 2 amide bonds. The summed E-state index contributed by atoms with van der Waals surface area (Å²) in [7, 11) is -4.39. The van der Waals surface area contributed by atoms with E-state index in [-0.39, 0.29) is 37.9 Å². The van der Waals surface area contributed by atoms with Crippen molar-refractivity contribution < 1.29 is 35.9 Å². The second kappa shape index (κ2) is 9.65. The number of carbonyl (C=O) groups is 2. The number of carbonyl (C=O) groups excluding carboxylic acids is 2. The molecule has 1 saturated heterocycles. The first kappa shape index (κ1) is 24.3. The van der Waals surface area contributed by atoms with Gasteiger partial charge in [-0.3, -0.25) is 9.59 Å². The summed E-state index contributed by atoms with van der Waals surface area (Å²) in [5.41, 5.74) is 2.04. The molecule has 1 aromatic rings. The highest BCUT2D eigenvalue weighted by Gasteiger charge is 2.36. The number of ether oxygens (including phenoxy) is 1. The molecule has 0 bridgehead atoms.